The van der Waals surface area contributed by atoms with Crippen LogP contribution in [0.5, 0.6) is 5.88 Å². The lowest BCUT2D eigenvalue weighted by Gasteiger charge is -2.10. The van der Waals surface area contributed by atoms with E-state index in [2.05, 4.69) is 15.0 Å². The SMILES string of the molecule is CC(C)Oc1ncc(-c2ncc(-c3cccc4c(CCC=O)c[nH]c34)o2)cc1Cl. The van der Waals surface area contributed by atoms with Crippen LogP contribution in [-0.2, 0) is 11.2 Å². The molecule has 1 aromatic carbocycles. The van der Waals surface area contributed by atoms with Gasteiger partial charge in [-0.2, -0.15) is 0 Å². The highest BCUT2D eigenvalue weighted by atomic mass is 35.5. The van der Waals surface area contributed by atoms with Crippen LogP contribution in [-0.4, -0.2) is 27.3 Å². The van der Waals surface area contributed by atoms with Crippen LogP contribution in [0.4, 0.5) is 0 Å². The van der Waals surface area contributed by atoms with Crippen LogP contribution in [0.25, 0.3) is 33.7 Å². The molecule has 6 nitrogen and oxygen atoms in total. The normalized spacial score (nSPS) is 11.3. The summed E-state index contributed by atoms with van der Waals surface area (Å²) in [6.07, 6.45) is 7.36. The Kier molecular flexibility index (Phi) is 5.36. The number of carbonyl (C=O) groups excluding carboxylic acids is 1. The number of H-pyrrole nitrogens is 1. The fraction of sp³-hybridized carbons (Fsp3) is 0.227. The van der Waals surface area contributed by atoms with Gasteiger partial charge in [-0.25, -0.2) is 9.97 Å². The molecule has 4 aromatic rings. The molecule has 7 heteroatoms. The van der Waals surface area contributed by atoms with Crippen molar-refractivity contribution in [1.82, 2.24) is 15.0 Å². The third kappa shape index (κ3) is 3.89. The van der Waals surface area contributed by atoms with E-state index in [9.17, 15) is 4.79 Å². The van der Waals surface area contributed by atoms with Crippen LogP contribution in [0, 0.1) is 0 Å². The number of para-hydroxylation sites is 1. The summed E-state index contributed by atoms with van der Waals surface area (Å²) in [5.41, 5.74) is 3.62. The summed E-state index contributed by atoms with van der Waals surface area (Å²) in [4.78, 5) is 22.7. The number of aldehydes is 1. The van der Waals surface area contributed by atoms with Crippen molar-refractivity contribution in [3.63, 3.8) is 0 Å². The second-order valence-corrected chi connectivity index (χ2v) is 7.36. The number of carbonyl (C=O) groups is 1. The summed E-state index contributed by atoms with van der Waals surface area (Å²) in [7, 11) is 0. The van der Waals surface area contributed by atoms with Gasteiger partial charge in [0, 0.05) is 29.8 Å². The van der Waals surface area contributed by atoms with E-state index in [0.29, 0.717) is 41.0 Å². The molecule has 0 aliphatic heterocycles. The summed E-state index contributed by atoms with van der Waals surface area (Å²) in [5, 5.41) is 1.48. The molecule has 1 N–H and O–H groups in total. The standard InChI is InChI=1S/C22H20ClN3O3/c1-13(2)28-22-18(23)9-15(11-25-22)21-26-12-19(29-21)17-7-3-6-16-14(5-4-8-27)10-24-20(16)17/h3,6-13,24H,4-5H2,1-2H3. The van der Waals surface area contributed by atoms with Crippen LogP contribution in [0.3, 0.4) is 0 Å². The van der Waals surface area contributed by atoms with E-state index in [-0.39, 0.29) is 6.10 Å². The van der Waals surface area contributed by atoms with Crippen molar-refractivity contribution in [3.8, 4) is 28.7 Å². The highest BCUT2D eigenvalue weighted by molar-refractivity contribution is 6.32. The van der Waals surface area contributed by atoms with E-state index in [1.807, 2.05) is 38.2 Å². The molecular weight excluding hydrogens is 390 g/mol. The topological polar surface area (TPSA) is 81.0 Å². The second kappa shape index (κ2) is 8.09. The van der Waals surface area contributed by atoms with Crippen LogP contribution in [0.2, 0.25) is 5.02 Å². The molecule has 0 unspecified atom stereocenters. The van der Waals surface area contributed by atoms with Crippen molar-refractivity contribution in [2.24, 2.45) is 0 Å². The van der Waals surface area contributed by atoms with Crippen LogP contribution < -0.4 is 4.74 Å². The van der Waals surface area contributed by atoms with Crippen molar-refractivity contribution in [1.29, 1.82) is 0 Å². The van der Waals surface area contributed by atoms with Crippen LogP contribution in [0.15, 0.2) is 47.3 Å². The average Bonchev–Trinajstić information content (AvgIpc) is 3.35. The van der Waals surface area contributed by atoms with E-state index >= 15 is 0 Å². The first kappa shape index (κ1) is 19.2. The number of benzene rings is 1. The van der Waals surface area contributed by atoms with E-state index in [4.69, 9.17) is 20.8 Å². The fourth-order valence-electron chi connectivity index (χ4n) is 3.22. The number of hydrogen-bond acceptors (Lipinski definition) is 5. The maximum Gasteiger partial charge on any atom is 0.232 e. The Morgan fingerprint density at radius 1 is 1.28 bits per heavy atom. The van der Waals surface area contributed by atoms with Crippen molar-refractivity contribution in [3.05, 3.63) is 53.4 Å². The van der Waals surface area contributed by atoms with Crippen molar-refractivity contribution >= 4 is 28.8 Å². The number of ether oxygens (including phenoxy) is 1. The van der Waals surface area contributed by atoms with Gasteiger partial charge < -0.3 is 18.9 Å². The minimum atomic E-state index is -0.0168. The van der Waals surface area contributed by atoms with E-state index in [0.717, 1.165) is 28.3 Å². The van der Waals surface area contributed by atoms with E-state index in [1.165, 1.54) is 0 Å². The van der Waals surface area contributed by atoms with Gasteiger partial charge in [-0.3, -0.25) is 0 Å². The number of fused-ring (bicyclic) bond motifs is 1. The minimum absolute atomic E-state index is 0.0168. The monoisotopic (exact) mass is 409 g/mol. The summed E-state index contributed by atoms with van der Waals surface area (Å²) in [5.74, 6) is 1.44. The number of hydrogen-bond donors (Lipinski definition) is 1. The van der Waals surface area contributed by atoms with Gasteiger partial charge in [0.25, 0.3) is 0 Å². The van der Waals surface area contributed by atoms with Crippen molar-refractivity contribution in [2.45, 2.75) is 32.8 Å². The summed E-state index contributed by atoms with van der Waals surface area (Å²) < 4.78 is 11.6. The van der Waals surface area contributed by atoms with Crippen molar-refractivity contribution < 1.29 is 13.9 Å². The lowest BCUT2D eigenvalue weighted by molar-refractivity contribution is -0.107. The molecule has 4 rings (SSSR count). The number of nitrogens with zero attached hydrogens (tertiary/aromatic N) is 2. The molecule has 0 aliphatic carbocycles. The van der Waals surface area contributed by atoms with Gasteiger partial charge >= 0.3 is 0 Å². The zero-order valence-corrected chi connectivity index (χ0v) is 16.9. The summed E-state index contributed by atoms with van der Waals surface area (Å²) >= 11 is 6.28. The molecule has 0 spiro atoms. The molecule has 0 amide bonds. The lowest BCUT2D eigenvalue weighted by Crippen LogP contribution is -2.07. The molecule has 3 heterocycles. The van der Waals surface area contributed by atoms with Gasteiger partial charge in [-0.15, -0.1) is 0 Å². The van der Waals surface area contributed by atoms with Gasteiger partial charge in [0.1, 0.15) is 11.3 Å². The fourth-order valence-corrected chi connectivity index (χ4v) is 3.43. The Hall–Kier alpha value is -3.12. The molecule has 3 aromatic heterocycles. The minimum Gasteiger partial charge on any atom is -0.474 e. The molecule has 0 aliphatic rings. The first-order valence-electron chi connectivity index (χ1n) is 9.38. The number of aryl methyl sites for hydroxylation is 1. The Morgan fingerprint density at radius 3 is 2.90 bits per heavy atom. The van der Waals surface area contributed by atoms with Gasteiger partial charge in [-0.05, 0) is 38.0 Å². The van der Waals surface area contributed by atoms with Gasteiger partial charge in [-0.1, -0.05) is 23.7 Å². The van der Waals surface area contributed by atoms with E-state index < -0.39 is 0 Å². The smallest absolute Gasteiger partial charge is 0.232 e. The molecule has 0 saturated heterocycles. The van der Waals surface area contributed by atoms with Gasteiger partial charge in [0.15, 0.2) is 5.76 Å². The molecule has 29 heavy (non-hydrogen) atoms. The van der Waals surface area contributed by atoms with E-state index in [1.54, 1.807) is 18.5 Å². The Bertz CT molecular complexity index is 1160. The number of aromatic nitrogens is 3. The van der Waals surface area contributed by atoms with Gasteiger partial charge in [0.2, 0.25) is 11.8 Å². The van der Waals surface area contributed by atoms with Crippen LogP contribution >= 0.6 is 11.6 Å². The number of oxazole rings is 1. The number of halogens is 1. The largest absolute Gasteiger partial charge is 0.474 e. The molecule has 0 bridgehead atoms. The highest BCUT2D eigenvalue weighted by Crippen LogP contribution is 2.34. The molecule has 0 radical (unpaired) electrons. The highest BCUT2D eigenvalue weighted by Gasteiger charge is 2.15. The number of pyridine rings is 1. The van der Waals surface area contributed by atoms with Crippen molar-refractivity contribution in [2.75, 3.05) is 0 Å². The quantitative estimate of drug-likeness (QED) is 0.410. The molecule has 0 saturated carbocycles. The molecule has 148 valence electrons. The Morgan fingerprint density at radius 2 is 2.14 bits per heavy atom. The molecule has 0 fully saturated rings. The summed E-state index contributed by atoms with van der Waals surface area (Å²) in [6.45, 7) is 3.83. The predicted molar refractivity (Wildman–Crippen MR) is 112 cm³/mol. The number of aromatic amines is 1. The Labute approximate surface area is 172 Å². The predicted octanol–water partition coefficient (Wildman–Crippen LogP) is 5.46. The first-order chi connectivity index (χ1) is 14.1. The third-order valence-corrected chi connectivity index (χ3v) is 4.78. The zero-order valence-electron chi connectivity index (χ0n) is 16.1. The lowest BCUT2D eigenvalue weighted by atomic mass is 10.1. The average molecular weight is 410 g/mol. The third-order valence-electron chi connectivity index (χ3n) is 4.51. The number of rotatable bonds is 7. The molecule has 0 atom stereocenters. The second-order valence-electron chi connectivity index (χ2n) is 6.95. The molecular formula is C22H20ClN3O3. The first-order valence-corrected chi connectivity index (χ1v) is 9.76. The number of nitrogens with one attached hydrogen (secondary N) is 1. The Balaban J connectivity index is 1.67. The maximum absolute atomic E-state index is 10.7. The zero-order chi connectivity index (χ0) is 20.4. The summed E-state index contributed by atoms with van der Waals surface area (Å²) in [6, 6.07) is 7.70. The van der Waals surface area contributed by atoms with Crippen LogP contribution in [0.1, 0.15) is 25.8 Å². The van der Waals surface area contributed by atoms with Gasteiger partial charge in [0.05, 0.1) is 23.4 Å². The maximum atomic E-state index is 10.7.